The topological polar surface area (TPSA) is 109 Å². The number of aliphatic hydroxyl groups excluding tert-OH is 1. The van der Waals surface area contributed by atoms with Gasteiger partial charge in [0.15, 0.2) is 0 Å². The minimum Gasteiger partial charge on any atom is -0.497 e. The number of carboxylic acids is 1. The highest BCUT2D eigenvalue weighted by Crippen LogP contribution is 2.42. The molecule has 0 radical (unpaired) electrons. The molecule has 0 unspecified atom stereocenters. The number of rotatable bonds is 8. The lowest BCUT2D eigenvalue weighted by molar-refractivity contribution is -0.147. The molecule has 3 aromatic rings. The van der Waals surface area contributed by atoms with Crippen molar-refractivity contribution in [3.8, 4) is 5.75 Å². The maximum absolute atomic E-state index is 12.2. The van der Waals surface area contributed by atoms with Crippen molar-refractivity contribution in [3.05, 3.63) is 59.8 Å². The first-order valence-corrected chi connectivity index (χ1v) is 12.8. The molecule has 1 aromatic carbocycles. The van der Waals surface area contributed by atoms with E-state index in [9.17, 15) is 15.0 Å². The number of hydrogen-bond acceptors (Lipinski definition) is 7. The van der Waals surface area contributed by atoms with E-state index < -0.39 is 18.0 Å². The van der Waals surface area contributed by atoms with Crippen LogP contribution in [0.5, 0.6) is 5.75 Å². The van der Waals surface area contributed by atoms with Crippen molar-refractivity contribution in [3.63, 3.8) is 0 Å². The highest BCUT2D eigenvalue weighted by Gasteiger charge is 2.41. The number of methoxy groups -OCH3 is 1. The molecular weight excluding hydrogens is 456 g/mol. The predicted octanol–water partition coefficient (Wildman–Crippen LogP) is 4.12. The van der Waals surface area contributed by atoms with Gasteiger partial charge in [-0.3, -0.25) is 14.7 Å². The Hall–Kier alpha value is -3.10. The quantitative estimate of drug-likeness (QED) is 0.485. The van der Waals surface area contributed by atoms with Gasteiger partial charge in [0.1, 0.15) is 11.6 Å². The van der Waals surface area contributed by atoms with Gasteiger partial charge in [-0.1, -0.05) is 0 Å². The second-order valence-corrected chi connectivity index (χ2v) is 10.2. The molecule has 2 aliphatic rings. The van der Waals surface area contributed by atoms with E-state index in [4.69, 9.17) is 4.74 Å². The lowest BCUT2D eigenvalue weighted by Crippen LogP contribution is -2.52. The first kappa shape index (κ1) is 24.6. The maximum atomic E-state index is 12.2. The lowest BCUT2D eigenvalue weighted by Gasteiger charge is -2.47. The van der Waals surface area contributed by atoms with Crippen LogP contribution in [0.1, 0.15) is 61.2 Å². The first-order chi connectivity index (χ1) is 17.4. The molecule has 8 nitrogen and oxygen atoms in total. The van der Waals surface area contributed by atoms with Crippen molar-refractivity contribution in [2.24, 2.45) is 11.8 Å². The van der Waals surface area contributed by atoms with Gasteiger partial charge in [-0.05, 0) is 87.4 Å². The fourth-order valence-electron chi connectivity index (χ4n) is 5.90. The second-order valence-electron chi connectivity index (χ2n) is 10.2. The van der Waals surface area contributed by atoms with Crippen LogP contribution in [0.3, 0.4) is 0 Å². The molecule has 1 saturated heterocycles. The van der Waals surface area contributed by atoms with E-state index in [1.807, 2.05) is 43.5 Å². The fraction of sp³-hybridized carbons (Fsp3) is 0.500. The molecule has 2 fully saturated rings. The maximum Gasteiger partial charge on any atom is 0.308 e. The van der Waals surface area contributed by atoms with Crippen LogP contribution in [-0.4, -0.2) is 62.3 Å². The number of likely N-dealkylation sites (tertiary alicyclic amines) is 1. The summed E-state index contributed by atoms with van der Waals surface area (Å²) in [5.41, 5.74) is 2.71. The van der Waals surface area contributed by atoms with E-state index in [-0.39, 0.29) is 5.92 Å². The van der Waals surface area contributed by atoms with Crippen molar-refractivity contribution in [1.82, 2.24) is 19.9 Å². The minimum atomic E-state index is -0.736. The third-order valence-corrected chi connectivity index (χ3v) is 8.10. The summed E-state index contributed by atoms with van der Waals surface area (Å²) in [7, 11) is 1.62. The molecule has 190 valence electrons. The zero-order chi connectivity index (χ0) is 25.2. The molecule has 3 heterocycles. The molecule has 1 aliphatic heterocycles. The van der Waals surface area contributed by atoms with E-state index >= 15 is 0 Å². The Kier molecular flexibility index (Phi) is 7.16. The third-order valence-electron chi connectivity index (χ3n) is 8.10. The van der Waals surface area contributed by atoms with Gasteiger partial charge in [-0.15, -0.1) is 0 Å². The number of hydrogen-bond donors (Lipinski definition) is 2. The van der Waals surface area contributed by atoms with Gasteiger partial charge in [0.05, 0.1) is 24.6 Å². The average molecular weight is 491 g/mol. The Morgan fingerprint density at radius 2 is 2.00 bits per heavy atom. The molecule has 2 aromatic heterocycles. The van der Waals surface area contributed by atoms with Crippen LogP contribution >= 0.6 is 0 Å². The summed E-state index contributed by atoms with van der Waals surface area (Å²) in [4.78, 5) is 27.7. The molecule has 36 heavy (non-hydrogen) atoms. The third kappa shape index (κ3) is 5.06. The molecule has 3 atom stereocenters. The number of aliphatic carboxylic acids is 1. The highest BCUT2D eigenvalue weighted by atomic mass is 16.5. The average Bonchev–Trinajstić information content (AvgIpc) is 2.86. The Morgan fingerprint density at radius 1 is 1.19 bits per heavy atom. The van der Waals surface area contributed by atoms with E-state index in [0.717, 1.165) is 59.5 Å². The van der Waals surface area contributed by atoms with Crippen LogP contribution in [0.25, 0.3) is 10.9 Å². The number of pyridine rings is 1. The molecule has 0 spiro atoms. The van der Waals surface area contributed by atoms with Crippen LogP contribution in [0, 0.1) is 18.8 Å². The standard InChI is InChI=1S/C28H34N4O4/c1-17-29-11-8-25(31-17)19-13-20(14-19)32-12-9-18(24(16-32)28(34)35)3-6-27(33)22-7-10-30-26-5-4-21(36-2)15-23(22)26/h4-5,7-8,10-11,15,18-20,24,27,33H,3,6,9,12-14,16H2,1-2H3,(H,34,35)/t18-,19?,20?,24+,27+/m1/s1. The zero-order valence-electron chi connectivity index (χ0n) is 20.9. The van der Waals surface area contributed by atoms with Gasteiger partial charge in [-0.25, -0.2) is 9.97 Å². The van der Waals surface area contributed by atoms with E-state index in [1.165, 1.54) is 0 Å². The van der Waals surface area contributed by atoms with Crippen molar-refractivity contribution >= 4 is 16.9 Å². The molecule has 0 amide bonds. The van der Waals surface area contributed by atoms with Crippen molar-refractivity contribution in [1.29, 1.82) is 0 Å². The Bertz CT molecular complexity index is 1230. The van der Waals surface area contributed by atoms with Crippen molar-refractivity contribution in [2.75, 3.05) is 20.2 Å². The van der Waals surface area contributed by atoms with E-state index in [1.54, 1.807) is 13.3 Å². The first-order valence-electron chi connectivity index (χ1n) is 12.8. The number of nitrogens with zero attached hydrogens (tertiary/aromatic N) is 4. The predicted molar refractivity (Wildman–Crippen MR) is 136 cm³/mol. The number of fused-ring (bicyclic) bond motifs is 1. The number of aliphatic hydroxyl groups is 1. The Labute approximate surface area is 211 Å². The van der Waals surface area contributed by atoms with Crippen molar-refractivity contribution in [2.45, 2.75) is 57.1 Å². The summed E-state index contributed by atoms with van der Waals surface area (Å²) in [6.45, 7) is 3.39. The number of benzene rings is 1. The fourth-order valence-corrected chi connectivity index (χ4v) is 5.90. The van der Waals surface area contributed by atoms with Crippen LogP contribution < -0.4 is 4.74 Å². The van der Waals surface area contributed by atoms with Crippen LogP contribution in [0.15, 0.2) is 42.7 Å². The van der Waals surface area contributed by atoms with E-state index in [0.29, 0.717) is 31.3 Å². The molecular formula is C28H34N4O4. The van der Waals surface area contributed by atoms with Crippen molar-refractivity contribution < 1.29 is 19.7 Å². The van der Waals surface area contributed by atoms with Crippen LogP contribution in [-0.2, 0) is 4.79 Å². The van der Waals surface area contributed by atoms with Gasteiger partial charge >= 0.3 is 5.97 Å². The molecule has 1 saturated carbocycles. The summed E-state index contributed by atoms with van der Waals surface area (Å²) in [6.07, 6.45) is 6.91. The summed E-state index contributed by atoms with van der Waals surface area (Å²) < 4.78 is 5.35. The molecule has 5 rings (SSSR count). The number of ether oxygens (including phenoxy) is 1. The summed E-state index contributed by atoms with van der Waals surface area (Å²) >= 11 is 0. The highest BCUT2D eigenvalue weighted by molar-refractivity contribution is 5.83. The summed E-state index contributed by atoms with van der Waals surface area (Å²) in [5.74, 6) is 0.846. The molecule has 1 aliphatic carbocycles. The van der Waals surface area contributed by atoms with Crippen LogP contribution in [0.4, 0.5) is 0 Å². The van der Waals surface area contributed by atoms with Gasteiger partial charge in [0, 0.05) is 42.0 Å². The van der Waals surface area contributed by atoms with Gasteiger partial charge in [0.2, 0.25) is 0 Å². The number of aryl methyl sites for hydroxylation is 1. The number of piperidine rings is 1. The lowest BCUT2D eigenvalue weighted by atomic mass is 9.74. The Morgan fingerprint density at radius 3 is 2.75 bits per heavy atom. The number of aromatic nitrogens is 3. The SMILES string of the molecule is COc1ccc2nccc([C@@H](O)CC[C@@H]3CCN(C4CC(c5ccnc(C)n5)C4)C[C@@H]3C(=O)O)c2c1. The zero-order valence-corrected chi connectivity index (χ0v) is 20.9. The molecule has 2 N–H and O–H groups in total. The van der Waals surface area contributed by atoms with E-state index in [2.05, 4.69) is 19.9 Å². The Balaban J connectivity index is 1.19. The van der Waals surface area contributed by atoms with Gasteiger partial charge in [-0.2, -0.15) is 0 Å². The monoisotopic (exact) mass is 490 g/mol. The molecule has 0 bridgehead atoms. The van der Waals surface area contributed by atoms with Crippen LogP contribution in [0.2, 0.25) is 0 Å². The second kappa shape index (κ2) is 10.5. The molecule has 8 heteroatoms. The van der Waals surface area contributed by atoms with Gasteiger partial charge < -0.3 is 14.9 Å². The minimum absolute atomic E-state index is 0.0522. The van der Waals surface area contributed by atoms with Gasteiger partial charge in [0.25, 0.3) is 0 Å². The number of carboxylic acid groups (broad SMARTS) is 1. The normalized spacial score (nSPS) is 25.3. The largest absolute Gasteiger partial charge is 0.497 e. The summed E-state index contributed by atoms with van der Waals surface area (Å²) in [6, 6.07) is 9.89. The summed E-state index contributed by atoms with van der Waals surface area (Å²) in [5, 5.41) is 21.9. The number of carbonyl (C=O) groups is 1. The smallest absolute Gasteiger partial charge is 0.308 e.